The van der Waals surface area contributed by atoms with E-state index < -0.39 is 0 Å². The van der Waals surface area contributed by atoms with Gasteiger partial charge in [-0.1, -0.05) is 6.92 Å². The van der Waals surface area contributed by atoms with Crippen molar-refractivity contribution in [3.05, 3.63) is 17.0 Å². The van der Waals surface area contributed by atoms with Gasteiger partial charge >= 0.3 is 0 Å². The molecule has 0 aliphatic rings. The van der Waals surface area contributed by atoms with Gasteiger partial charge < -0.3 is 10.1 Å². The molecule has 4 heteroatoms. The number of hydrogen-bond acceptors (Lipinski definition) is 3. The lowest BCUT2D eigenvalue weighted by atomic mass is 10.0. The average Bonchev–Trinajstić information content (AvgIpc) is 2.55. The van der Waals surface area contributed by atoms with Crippen molar-refractivity contribution < 1.29 is 4.74 Å². The van der Waals surface area contributed by atoms with E-state index in [0.29, 0.717) is 12.1 Å². The molecule has 4 nitrogen and oxygen atoms in total. The summed E-state index contributed by atoms with van der Waals surface area (Å²) in [5.74, 6) is 0. The van der Waals surface area contributed by atoms with Gasteiger partial charge in [0.2, 0.25) is 0 Å². The van der Waals surface area contributed by atoms with Crippen molar-refractivity contribution in [3.8, 4) is 0 Å². The molecule has 18 heavy (non-hydrogen) atoms. The molecule has 1 aromatic heterocycles. The monoisotopic (exact) mass is 253 g/mol. The topological polar surface area (TPSA) is 39.1 Å². The molecule has 0 saturated carbocycles. The number of methoxy groups -OCH3 is 1. The van der Waals surface area contributed by atoms with Crippen LogP contribution < -0.4 is 5.32 Å². The van der Waals surface area contributed by atoms with Gasteiger partial charge in [0, 0.05) is 31.9 Å². The lowest BCUT2D eigenvalue weighted by molar-refractivity contribution is 0.159. The smallest absolute Gasteiger partial charge is 0.0628 e. The van der Waals surface area contributed by atoms with Crippen LogP contribution in [0, 0.1) is 13.8 Å². The summed E-state index contributed by atoms with van der Waals surface area (Å²) < 4.78 is 7.18. The minimum absolute atomic E-state index is 0.433. The Labute approximate surface area is 111 Å². The van der Waals surface area contributed by atoms with E-state index in [1.807, 2.05) is 11.7 Å². The third-order valence-electron chi connectivity index (χ3n) is 3.55. The summed E-state index contributed by atoms with van der Waals surface area (Å²) in [7, 11) is 3.76. The molecule has 0 unspecified atom stereocenters. The maximum Gasteiger partial charge on any atom is 0.0628 e. The van der Waals surface area contributed by atoms with Crippen molar-refractivity contribution in [2.45, 2.75) is 52.6 Å². The summed E-state index contributed by atoms with van der Waals surface area (Å²) in [5.41, 5.74) is 3.77. The van der Waals surface area contributed by atoms with Crippen molar-refractivity contribution in [2.75, 3.05) is 13.7 Å². The normalized spacial score (nSPS) is 14.8. The van der Waals surface area contributed by atoms with Crippen LogP contribution in [-0.4, -0.2) is 35.6 Å². The Kier molecular flexibility index (Phi) is 5.82. The minimum Gasteiger partial charge on any atom is -0.383 e. The molecule has 0 radical (unpaired) electrons. The maximum absolute atomic E-state index is 5.22. The summed E-state index contributed by atoms with van der Waals surface area (Å²) in [5, 5.41) is 8.08. The highest BCUT2D eigenvalue weighted by Crippen LogP contribution is 2.14. The number of rotatable bonds is 7. The Bertz CT molecular complexity index is 373. The fraction of sp³-hybridized carbons (Fsp3) is 0.786. The number of aryl methyl sites for hydroxylation is 2. The minimum atomic E-state index is 0.433. The fourth-order valence-electron chi connectivity index (χ4n) is 2.37. The van der Waals surface area contributed by atoms with E-state index in [1.54, 1.807) is 7.11 Å². The Morgan fingerprint density at radius 2 is 2.06 bits per heavy atom. The molecule has 0 aromatic carbocycles. The molecule has 1 aromatic rings. The Hall–Kier alpha value is -0.870. The highest BCUT2D eigenvalue weighted by atomic mass is 16.5. The fourth-order valence-corrected chi connectivity index (χ4v) is 2.37. The van der Waals surface area contributed by atoms with Gasteiger partial charge in [0.25, 0.3) is 0 Å². The Morgan fingerprint density at radius 1 is 1.39 bits per heavy atom. The number of nitrogens with one attached hydrogen (secondary N) is 1. The highest BCUT2D eigenvalue weighted by molar-refractivity contribution is 5.25. The van der Waals surface area contributed by atoms with Gasteiger partial charge in [-0.15, -0.1) is 0 Å². The predicted octanol–water partition coefficient (Wildman–Crippen LogP) is 1.98. The van der Waals surface area contributed by atoms with Crippen LogP contribution in [0.5, 0.6) is 0 Å². The summed E-state index contributed by atoms with van der Waals surface area (Å²) >= 11 is 0. The number of aromatic nitrogens is 2. The quantitative estimate of drug-likeness (QED) is 0.807. The zero-order valence-electron chi connectivity index (χ0n) is 12.6. The van der Waals surface area contributed by atoms with E-state index in [9.17, 15) is 0 Å². The van der Waals surface area contributed by atoms with E-state index in [0.717, 1.165) is 25.1 Å². The van der Waals surface area contributed by atoms with E-state index in [1.165, 1.54) is 11.3 Å². The second-order valence-electron chi connectivity index (χ2n) is 5.11. The molecule has 0 fully saturated rings. The number of ether oxygens (including phenoxy) is 1. The summed E-state index contributed by atoms with van der Waals surface area (Å²) in [6.07, 6.45) is 2.11. The van der Waals surface area contributed by atoms with Crippen LogP contribution in [-0.2, 0) is 18.2 Å². The molecule has 0 amide bonds. The zero-order valence-corrected chi connectivity index (χ0v) is 12.6. The lowest BCUT2D eigenvalue weighted by Crippen LogP contribution is -2.40. The first-order valence-corrected chi connectivity index (χ1v) is 6.73. The van der Waals surface area contributed by atoms with E-state index in [-0.39, 0.29) is 0 Å². The van der Waals surface area contributed by atoms with Crippen LogP contribution >= 0.6 is 0 Å². The van der Waals surface area contributed by atoms with E-state index in [4.69, 9.17) is 4.74 Å². The van der Waals surface area contributed by atoms with Crippen LogP contribution in [0.4, 0.5) is 0 Å². The van der Waals surface area contributed by atoms with Crippen LogP contribution in [0.3, 0.4) is 0 Å². The van der Waals surface area contributed by atoms with Gasteiger partial charge in [-0.2, -0.15) is 5.10 Å². The zero-order chi connectivity index (χ0) is 13.7. The van der Waals surface area contributed by atoms with Crippen molar-refractivity contribution in [3.63, 3.8) is 0 Å². The van der Waals surface area contributed by atoms with Crippen LogP contribution in [0.15, 0.2) is 0 Å². The number of nitrogens with zero attached hydrogens (tertiary/aromatic N) is 2. The average molecular weight is 253 g/mol. The van der Waals surface area contributed by atoms with Crippen LogP contribution in [0.25, 0.3) is 0 Å². The summed E-state index contributed by atoms with van der Waals surface area (Å²) in [6, 6.07) is 0.869. The first-order valence-electron chi connectivity index (χ1n) is 6.73. The molecule has 2 atom stereocenters. The Balaban J connectivity index is 2.61. The van der Waals surface area contributed by atoms with Crippen molar-refractivity contribution in [1.29, 1.82) is 0 Å². The van der Waals surface area contributed by atoms with Gasteiger partial charge in [-0.25, -0.2) is 0 Å². The van der Waals surface area contributed by atoms with E-state index in [2.05, 4.69) is 38.1 Å². The standard InChI is InChI=1S/C14H27N3O/c1-7-13(9-18-6)15-10(2)8-14-11(3)16-17(5)12(14)4/h10,13,15H,7-9H2,1-6H3/t10-,13-/m0/s1. The molecule has 0 bridgehead atoms. The Morgan fingerprint density at radius 3 is 2.50 bits per heavy atom. The second-order valence-corrected chi connectivity index (χ2v) is 5.11. The molecular weight excluding hydrogens is 226 g/mol. The first kappa shape index (κ1) is 15.2. The van der Waals surface area contributed by atoms with E-state index >= 15 is 0 Å². The molecule has 0 spiro atoms. The molecule has 104 valence electrons. The van der Waals surface area contributed by atoms with Crippen LogP contribution in [0.1, 0.15) is 37.2 Å². The van der Waals surface area contributed by atoms with Gasteiger partial charge in [0.1, 0.15) is 0 Å². The second kappa shape index (κ2) is 6.90. The molecule has 0 aliphatic carbocycles. The van der Waals surface area contributed by atoms with Crippen molar-refractivity contribution in [2.24, 2.45) is 7.05 Å². The van der Waals surface area contributed by atoms with Gasteiger partial charge in [0.15, 0.2) is 0 Å². The number of hydrogen-bond donors (Lipinski definition) is 1. The molecule has 1 rings (SSSR count). The highest BCUT2D eigenvalue weighted by Gasteiger charge is 2.15. The van der Waals surface area contributed by atoms with Gasteiger partial charge in [-0.3, -0.25) is 4.68 Å². The van der Waals surface area contributed by atoms with Crippen LogP contribution in [0.2, 0.25) is 0 Å². The summed E-state index contributed by atoms with van der Waals surface area (Å²) in [4.78, 5) is 0. The SMILES string of the molecule is CC[C@@H](COC)N[C@@H](C)Cc1c(C)nn(C)c1C. The lowest BCUT2D eigenvalue weighted by Gasteiger charge is -2.21. The first-order chi connectivity index (χ1) is 8.49. The molecule has 0 saturated heterocycles. The predicted molar refractivity (Wildman–Crippen MR) is 74.9 cm³/mol. The molecule has 0 aliphatic heterocycles. The molecule has 1 N–H and O–H groups in total. The maximum atomic E-state index is 5.22. The summed E-state index contributed by atoms with van der Waals surface area (Å²) in [6.45, 7) is 9.40. The van der Waals surface area contributed by atoms with Gasteiger partial charge in [0.05, 0.1) is 12.3 Å². The third-order valence-corrected chi connectivity index (χ3v) is 3.55. The third kappa shape index (κ3) is 3.82. The van der Waals surface area contributed by atoms with Crippen molar-refractivity contribution in [1.82, 2.24) is 15.1 Å². The van der Waals surface area contributed by atoms with Crippen molar-refractivity contribution >= 4 is 0 Å². The van der Waals surface area contributed by atoms with Gasteiger partial charge in [-0.05, 0) is 39.2 Å². The molecule has 1 heterocycles. The molecular formula is C14H27N3O. The largest absolute Gasteiger partial charge is 0.383 e.